The second-order valence-electron chi connectivity index (χ2n) is 7.90. The van der Waals surface area contributed by atoms with Gasteiger partial charge in [-0.1, -0.05) is 59.8 Å². The lowest BCUT2D eigenvalue weighted by molar-refractivity contribution is -0.122. The summed E-state index contributed by atoms with van der Waals surface area (Å²) < 4.78 is 0. The summed E-state index contributed by atoms with van der Waals surface area (Å²) in [6.45, 7) is 18.7. The molecular formula is C18H28O. The fraction of sp³-hybridized carbons (Fsp3) is 0.611. The zero-order valence-corrected chi connectivity index (χ0v) is 13.6. The summed E-state index contributed by atoms with van der Waals surface area (Å²) in [5, 5.41) is 0. The van der Waals surface area contributed by atoms with Crippen molar-refractivity contribution in [1.29, 1.82) is 0 Å². The molecule has 0 saturated carbocycles. The summed E-state index contributed by atoms with van der Waals surface area (Å²) >= 11 is 0. The van der Waals surface area contributed by atoms with Crippen LogP contribution in [-0.4, -0.2) is 5.78 Å². The van der Waals surface area contributed by atoms with Crippen LogP contribution in [0.5, 0.6) is 0 Å². The van der Waals surface area contributed by atoms with Gasteiger partial charge in [-0.3, -0.25) is 4.79 Å². The molecule has 0 radical (unpaired) electrons. The standard InChI is InChI=1S/C18H28O/c1-9-10-18(8)12-13(16(2,3)4)11-14(15(18)19)17(5,6)7/h9,11-12H,1,10H2,2-8H3. The van der Waals surface area contributed by atoms with E-state index in [1.54, 1.807) is 0 Å². The van der Waals surface area contributed by atoms with Crippen LogP contribution in [0.2, 0.25) is 0 Å². The summed E-state index contributed by atoms with van der Waals surface area (Å²) in [5.41, 5.74) is 1.68. The summed E-state index contributed by atoms with van der Waals surface area (Å²) in [5.74, 6) is 0.243. The quantitative estimate of drug-likeness (QED) is 0.631. The molecule has 0 spiro atoms. The number of hydrogen-bond acceptors (Lipinski definition) is 1. The molecule has 0 aromatic carbocycles. The Balaban J connectivity index is 3.44. The second-order valence-corrected chi connectivity index (χ2v) is 7.90. The second kappa shape index (κ2) is 4.77. The highest BCUT2D eigenvalue weighted by Gasteiger charge is 2.40. The SMILES string of the molecule is C=CCC1(C)C=C(C(C)(C)C)C=C(C(C)(C)C)C1=O. The molecule has 0 fully saturated rings. The molecule has 1 aliphatic rings. The van der Waals surface area contributed by atoms with Crippen molar-refractivity contribution in [2.24, 2.45) is 16.2 Å². The normalized spacial score (nSPS) is 24.9. The number of carbonyl (C=O) groups excluding carboxylic acids is 1. The predicted octanol–water partition coefficient (Wildman–Crippen LogP) is 5.10. The number of hydrogen-bond donors (Lipinski definition) is 0. The molecule has 19 heavy (non-hydrogen) atoms. The van der Waals surface area contributed by atoms with Gasteiger partial charge in [0.25, 0.3) is 0 Å². The van der Waals surface area contributed by atoms with Crippen molar-refractivity contribution in [3.63, 3.8) is 0 Å². The van der Waals surface area contributed by atoms with Crippen LogP contribution in [0.3, 0.4) is 0 Å². The van der Waals surface area contributed by atoms with Crippen molar-refractivity contribution in [3.05, 3.63) is 36.0 Å². The number of ketones is 1. The van der Waals surface area contributed by atoms with Crippen LogP contribution in [0.1, 0.15) is 54.9 Å². The van der Waals surface area contributed by atoms with E-state index < -0.39 is 5.41 Å². The predicted molar refractivity (Wildman–Crippen MR) is 83.0 cm³/mol. The van der Waals surface area contributed by atoms with Gasteiger partial charge in [0.15, 0.2) is 5.78 Å². The van der Waals surface area contributed by atoms with E-state index in [-0.39, 0.29) is 16.6 Å². The number of Topliss-reactive ketones (excluding diaryl/α,β-unsaturated/α-hetero) is 1. The van der Waals surface area contributed by atoms with Gasteiger partial charge in [-0.05, 0) is 29.7 Å². The molecule has 1 nitrogen and oxygen atoms in total. The summed E-state index contributed by atoms with van der Waals surface area (Å²) in [6.07, 6.45) is 6.79. The minimum Gasteiger partial charge on any atom is -0.294 e. The zero-order valence-electron chi connectivity index (χ0n) is 13.6. The third-order valence-electron chi connectivity index (χ3n) is 3.78. The van der Waals surface area contributed by atoms with Crippen LogP contribution in [0.4, 0.5) is 0 Å². The van der Waals surface area contributed by atoms with Gasteiger partial charge >= 0.3 is 0 Å². The molecule has 0 aromatic heterocycles. The van der Waals surface area contributed by atoms with E-state index in [1.165, 1.54) is 5.57 Å². The molecule has 1 rings (SSSR count). The Bertz CT molecular complexity index is 449. The Morgan fingerprint density at radius 2 is 1.68 bits per heavy atom. The molecule has 0 N–H and O–H groups in total. The number of rotatable bonds is 2. The van der Waals surface area contributed by atoms with Gasteiger partial charge in [-0.25, -0.2) is 0 Å². The molecule has 0 heterocycles. The maximum atomic E-state index is 12.8. The molecule has 1 heteroatoms. The van der Waals surface area contributed by atoms with Crippen LogP contribution in [0.15, 0.2) is 36.0 Å². The fourth-order valence-electron chi connectivity index (χ4n) is 2.42. The van der Waals surface area contributed by atoms with Crippen LogP contribution < -0.4 is 0 Å². The maximum absolute atomic E-state index is 12.8. The van der Waals surface area contributed by atoms with E-state index in [0.717, 1.165) is 5.57 Å². The van der Waals surface area contributed by atoms with Gasteiger partial charge in [0.2, 0.25) is 0 Å². The lowest BCUT2D eigenvalue weighted by Crippen LogP contribution is -2.35. The van der Waals surface area contributed by atoms with Crippen molar-refractivity contribution in [3.8, 4) is 0 Å². The molecule has 1 atom stereocenters. The van der Waals surface area contributed by atoms with Gasteiger partial charge in [0, 0.05) is 5.57 Å². The Morgan fingerprint density at radius 1 is 1.16 bits per heavy atom. The van der Waals surface area contributed by atoms with E-state index >= 15 is 0 Å². The minimum absolute atomic E-state index is 0.0552. The first-order valence-electron chi connectivity index (χ1n) is 7.03. The lowest BCUT2D eigenvalue weighted by atomic mass is 9.65. The molecule has 1 unspecified atom stereocenters. The molecule has 106 valence electrons. The van der Waals surface area contributed by atoms with E-state index in [1.807, 2.05) is 13.0 Å². The third kappa shape index (κ3) is 3.26. The van der Waals surface area contributed by atoms with Gasteiger partial charge in [0.1, 0.15) is 0 Å². The summed E-state index contributed by atoms with van der Waals surface area (Å²) in [4.78, 5) is 12.8. The molecule has 0 aliphatic heterocycles. The highest BCUT2D eigenvalue weighted by atomic mass is 16.1. The van der Waals surface area contributed by atoms with Crippen molar-refractivity contribution in [2.75, 3.05) is 0 Å². The van der Waals surface area contributed by atoms with Gasteiger partial charge in [0.05, 0.1) is 5.41 Å². The smallest absolute Gasteiger partial charge is 0.169 e. The molecule has 0 bridgehead atoms. The van der Waals surface area contributed by atoms with Crippen molar-refractivity contribution in [2.45, 2.75) is 54.9 Å². The van der Waals surface area contributed by atoms with Gasteiger partial charge < -0.3 is 0 Å². The van der Waals surface area contributed by atoms with Crippen molar-refractivity contribution < 1.29 is 4.79 Å². The molecule has 0 amide bonds. The lowest BCUT2D eigenvalue weighted by Gasteiger charge is -2.37. The van der Waals surface area contributed by atoms with Crippen LogP contribution in [-0.2, 0) is 4.79 Å². The summed E-state index contributed by atoms with van der Waals surface area (Å²) in [6, 6.07) is 0. The van der Waals surface area contributed by atoms with E-state index in [2.05, 4.69) is 60.3 Å². The molecule has 0 saturated heterocycles. The van der Waals surface area contributed by atoms with E-state index in [9.17, 15) is 4.79 Å². The highest BCUT2D eigenvalue weighted by molar-refractivity contribution is 6.03. The average molecular weight is 260 g/mol. The monoisotopic (exact) mass is 260 g/mol. The van der Waals surface area contributed by atoms with Gasteiger partial charge in [-0.2, -0.15) is 0 Å². The average Bonchev–Trinajstić information content (AvgIpc) is 2.19. The first-order valence-corrected chi connectivity index (χ1v) is 7.03. The first-order chi connectivity index (χ1) is 8.42. The Kier molecular flexibility index (Phi) is 4.01. The topological polar surface area (TPSA) is 17.1 Å². The van der Waals surface area contributed by atoms with E-state index in [0.29, 0.717) is 6.42 Å². The van der Waals surface area contributed by atoms with Crippen LogP contribution in [0, 0.1) is 16.2 Å². The molecule has 0 aromatic rings. The maximum Gasteiger partial charge on any atom is 0.169 e. The largest absolute Gasteiger partial charge is 0.294 e. The third-order valence-corrected chi connectivity index (χ3v) is 3.78. The highest BCUT2D eigenvalue weighted by Crippen LogP contribution is 2.44. The number of allylic oxidation sites excluding steroid dienone is 5. The molecular weight excluding hydrogens is 232 g/mol. The van der Waals surface area contributed by atoms with Crippen LogP contribution >= 0.6 is 0 Å². The Morgan fingerprint density at radius 3 is 2.05 bits per heavy atom. The fourth-order valence-corrected chi connectivity index (χ4v) is 2.42. The first kappa shape index (κ1) is 15.9. The molecule has 1 aliphatic carbocycles. The summed E-state index contributed by atoms with van der Waals surface area (Å²) in [7, 11) is 0. The Labute approximate surface area is 118 Å². The van der Waals surface area contributed by atoms with E-state index in [4.69, 9.17) is 0 Å². The Hall–Kier alpha value is -1.11. The van der Waals surface area contributed by atoms with Crippen LogP contribution in [0.25, 0.3) is 0 Å². The number of carbonyl (C=O) groups is 1. The zero-order chi connectivity index (χ0) is 15.1. The van der Waals surface area contributed by atoms with Crippen molar-refractivity contribution >= 4 is 5.78 Å². The van der Waals surface area contributed by atoms with Gasteiger partial charge in [-0.15, -0.1) is 6.58 Å². The minimum atomic E-state index is -0.443. The van der Waals surface area contributed by atoms with Crippen molar-refractivity contribution in [1.82, 2.24) is 0 Å².